The van der Waals surface area contributed by atoms with E-state index in [1.54, 1.807) is 18.2 Å². The van der Waals surface area contributed by atoms with Gasteiger partial charge in [0.15, 0.2) is 0 Å². The molecule has 2 rings (SSSR count). The number of ether oxygens (including phenoxy) is 2. The van der Waals surface area contributed by atoms with Crippen LogP contribution in [0, 0.1) is 6.92 Å². The Kier molecular flexibility index (Phi) is 8.87. The second-order valence-electron chi connectivity index (χ2n) is 7.01. The standard InChI is InChI=1S/C22H29N3O5S/c1-5-6-13-30-19-10-8-18(9-11-19)15-23-24-22(26)16-25(31(4,27)28)20-14-17(2)7-12-21(20)29-3/h7-12,14-15H,5-6,13,16H2,1-4H3,(H,24,26)/b23-15-. The van der Waals surface area contributed by atoms with Crippen LogP contribution < -0.4 is 19.2 Å². The third-order valence-corrected chi connectivity index (χ3v) is 5.47. The summed E-state index contributed by atoms with van der Waals surface area (Å²) in [4.78, 5) is 12.4. The number of carbonyl (C=O) groups excluding carboxylic acids is 1. The number of sulfonamides is 1. The van der Waals surface area contributed by atoms with E-state index in [1.165, 1.54) is 13.3 Å². The first-order valence-corrected chi connectivity index (χ1v) is 11.8. The van der Waals surface area contributed by atoms with Crippen LogP contribution in [0.5, 0.6) is 11.5 Å². The van der Waals surface area contributed by atoms with Crippen LogP contribution in [0.2, 0.25) is 0 Å². The molecule has 0 fully saturated rings. The normalized spacial score (nSPS) is 11.4. The summed E-state index contributed by atoms with van der Waals surface area (Å²) >= 11 is 0. The van der Waals surface area contributed by atoms with Crippen LogP contribution in [0.15, 0.2) is 47.6 Å². The van der Waals surface area contributed by atoms with Crippen LogP contribution in [-0.2, 0) is 14.8 Å². The number of amides is 1. The molecule has 0 bridgehead atoms. The van der Waals surface area contributed by atoms with Gasteiger partial charge in [-0.25, -0.2) is 13.8 Å². The van der Waals surface area contributed by atoms with Gasteiger partial charge < -0.3 is 9.47 Å². The van der Waals surface area contributed by atoms with Crippen molar-refractivity contribution < 1.29 is 22.7 Å². The molecule has 0 spiro atoms. The number of nitrogens with zero attached hydrogens (tertiary/aromatic N) is 2. The van der Waals surface area contributed by atoms with E-state index in [2.05, 4.69) is 17.5 Å². The Hall–Kier alpha value is -3.07. The SMILES string of the molecule is CCCCOc1ccc(/C=N\NC(=O)CN(c2cc(C)ccc2OC)S(C)(=O)=O)cc1. The van der Waals surface area contributed by atoms with Gasteiger partial charge in [0.2, 0.25) is 10.0 Å². The second-order valence-corrected chi connectivity index (χ2v) is 8.92. The monoisotopic (exact) mass is 447 g/mol. The van der Waals surface area contributed by atoms with Crippen molar-refractivity contribution in [1.82, 2.24) is 5.43 Å². The fourth-order valence-corrected chi connectivity index (χ4v) is 3.56. The maximum atomic E-state index is 12.4. The van der Waals surface area contributed by atoms with Gasteiger partial charge in [-0.2, -0.15) is 5.10 Å². The highest BCUT2D eigenvalue weighted by Gasteiger charge is 2.24. The first kappa shape index (κ1) is 24.2. The number of methoxy groups -OCH3 is 1. The van der Waals surface area contributed by atoms with Crippen molar-refractivity contribution in [2.24, 2.45) is 5.10 Å². The van der Waals surface area contributed by atoms with Crippen molar-refractivity contribution in [2.75, 3.05) is 30.8 Å². The molecule has 2 aromatic carbocycles. The van der Waals surface area contributed by atoms with Crippen molar-refractivity contribution >= 4 is 27.8 Å². The maximum absolute atomic E-state index is 12.4. The minimum atomic E-state index is -3.73. The lowest BCUT2D eigenvalue weighted by Gasteiger charge is -2.23. The minimum absolute atomic E-state index is 0.294. The molecule has 0 saturated heterocycles. The second kappa shape index (κ2) is 11.4. The van der Waals surface area contributed by atoms with Crippen molar-refractivity contribution in [3.63, 3.8) is 0 Å². The third kappa shape index (κ3) is 7.60. The van der Waals surface area contributed by atoms with Crippen LogP contribution in [0.4, 0.5) is 5.69 Å². The van der Waals surface area contributed by atoms with Crippen molar-refractivity contribution in [3.05, 3.63) is 53.6 Å². The van der Waals surface area contributed by atoms with Crippen LogP contribution in [-0.4, -0.2) is 47.1 Å². The molecule has 1 N–H and O–H groups in total. The number of benzene rings is 2. The van der Waals surface area contributed by atoms with E-state index in [-0.39, 0.29) is 0 Å². The van der Waals surface area contributed by atoms with Crippen molar-refractivity contribution in [2.45, 2.75) is 26.7 Å². The van der Waals surface area contributed by atoms with Crippen LogP contribution in [0.1, 0.15) is 30.9 Å². The summed E-state index contributed by atoms with van der Waals surface area (Å²) in [6.45, 7) is 4.17. The first-order chi connectivity index (χ1) is 14.7. The predicted octanol–water partition coefficient (Wildman–Crippen LogP) is 3.10. The smallest absolute Gasteiger partial charge is 0.260 e. The Morgan fingerprint density at radius 3 is 2.52 bits per heavy atom. The first-order valence-electron chi connectivity index (χ1n) is 9.91. The molecule has 0 unspecified atom stereocenters. The van der Waals surface area contributed by atoms with Gasteiger partial charge in [0, 0.05) is 0 Å². The van der Waals surface area contributed by atoms with Gasteiger partial charge in [0.25, 0.3) is 5.91 Å². The molecule has 9 heteroatoms. The van der Waals surface area contributed by atoms with E-state index in [1.807, 2.05) is 31.2 Å². The van der Waals surface area contributed by atoms with Crippen LogP contribution in [0.3, 0.4) is 0 Å². The highest BCUT2D eigenvalue weighted by Crippen LogP contribution is 2.30. The minimum Gasteiger partial charge on any atom is -0.495 e. The third-order valence-electron chi connectivity index (χ3n) is 4.34. The van der Waals surface area contributed by atoms with Gasteiger partial charge in [0.05, 0.1) is 31.9 Å². The Bertz CT molecular complexity index is 1000. The zero-order valence-electron chi connectivity index (χ0n) is 18.3. The highest BCUT2D eigenvalue weighted by molar-refractivity contribution is 7.92. The van der Waals surface area contributed by atoms with Gasteiger partial charge in [-0.05, 0) is 60.9 Å². The number of hydrogen-bond acceptors (Lipinski definition) is 6. The van der Waals surface area contributed by atoms with E-state index in [9.17, 15) is 13.2 Å². The number of unbranched alkanes of at least 4 members (excludes halogenated alkanes) is 1. The lowest BCUT2D eigenvalue weighted by Crippen LogP contribution is -2.39. The topological polar surface area (TPSA) is 97.3 Å². The van der Waals surface area contributed by atoms with Crippen molar-refractivity contribution in [1.29, 1.82) is 0 Å². The maximum Gasteiger partial charge on any atom is 0.260 e. The largest absolute Gasteiger partial charge is 0.495 e. The van der Waals surface area contributed by atoms with E-state index in [0.717, 1.165) is 40.3 Å². The average Bonchev–Trinajstić information content (AvgIpc) is 2.72. The Labute approximate surface area is 183 Å². The summed E-state index contributed by atoms with van der Waals surface area (Å²) < 4.78 is 36.5. The van der Waals surface area contributed by atoms with E-state index >= 15 is 0 Å². The van der Waals surface area contributed by atoms with E-state index in [4.69, 9.17) is 9.47 Å². The predicted molar refractivity (Wildman–Crippen MR) is 123 cm³/mol. The summed E-state index contributed by atoms with van der Waals surface area (Å²) in [7, 11) is -2.28. The number of anilines is 1. The van der Waals surface area contributed by atoms with Gasteiger partial charge in [0.1, 0.15) is 18.0 Å². The number of rotatable bonds is 11. The van der Waals surface area contributed by atoms with Crippen molar-refractivity contribution in [3.8, 4) is 11.5 Å². The number of hydrazone groups is 1. The molecule has 168 valence electrons. The van der Waals surface area contributed by atoms with Crippen LogP contribution in [0.25, 0.3) is 0 Å². The molecule has 31 heavy (non-hydrogen) atoms. The zero-order chi connectivity index (χ0) is 22.9. The molecular formula is C22H29N3O5S. The molecule has 0 aliphatic rings. The summed E-state index contributed by atoms with van der Waals surface area (Å²) in [6, 6.07) is 12.4. The molecular weight excluding hydrogens is 418 g/mol. The summed E-state index contributed by atoms with van der Waals surface area (Å²) in [5, 5.41) is 3.92. The molecule has 0 atom stereocenters. The van der Waals surface area contributed by atoms with Gasteiger partial charge >= 0.3 is 0 Å². The zero-order valence-corrected chi connectivity index (χ0v) is 19.1. The molecule has 1 amide bonds. The molecule has 8 nitrogen and oxygen atoms in total. The summed E-state index contributed by atoms with van der Waals surface area (Å²) in [5.74, 6) is 0.545. The molecule has 0 aromatic heterocycles. The average molecular weight is 448 g/mol. The van der Waals surface area contributed by atoms with Gasteiger partial charge in [-0.3, -0.25) is 9.10 Å². The van der Waals surface area contributed by atoms with E-state index < -0.39 is 22.5 Å². The van der Waals surface area contributed by atoms with Crippen LogP contribution >= 0.6 is 0 Å². The number of nitrogens with one attached hydrogen (secondary N) is 1. The quantitative estimate of drug-likeness (QED) is 0.324. The number of aryl methyl sites for hydroxylation is 1. The fraction of sp³-hybridized carbons (Fsp3) is 0.364. The molecule has 0 aliphatic carbocycles. The Morgan fingerprint density at radius 1 is 1.19 bits per heavy atom. The summed E-state index contributed by atoms with van der Waals surface area (Å²) in [6.07, 6.45) is 4.58. The fourth-order valence-electron chi connectivity index (χ4n) is 2.71. The Balaban J connectivity index is 2.03. The molecule has 0 radical (unpaired) electrons. The molecule has 0 saturated carbocycles. The lowest BCUT2D eigenvalue weighted by molar-refractivity contribution is -0.119. The number of hydrogen-bond donors (Lipinski definition) is 1. The lowest BCUT2D eigenvalue weighted by atomic mass is 10.2. The molecule has 0 aliphatic heterocycles. The molecule has 0 heterocycles. The van der Waals surface area contributed by atoms with E-state index in [0.29, 0.717) is 18.0 Å². The number of carbonyl (C=O) groups is 1. The molecule has 2 aromatic rings. The highest BCUT2D eigenvalue weighted by atomic mass is 32.2. The van der Waals surface area contributed by atoms with Gasteiger partial charge in [-0.1, -0.05) is 19.4 Å². The summed E-state index contributed by atoms with van der Waals surface area (Å²) in [5.41, 5.74) is 4.26. The Morgan fingerprint density at radius 2 is 1.90 bits per heavy atom. The van der Waals surface area contributed by atoms with Gasteiger partial charge in [-0.15, -0.1) is 0 Å².